The minimum atomic E-state index is -1.36. The summed E-state index contributed by atoms with van der Waals surface area (Å²) in [6.07, 6.45) is 3.99. The van der Waals surface area contributed by atoms with Crippen LogP contribution in [0.15, 0.2) is 52.1 Å². The fraction of sp³-hybridized carbons (Fsp3) is 0.143. The molecule has 0 fully saturated rings. The maximum atomic E-state index is 12.3. The summed E-state index contributed by atoms with van der Waals surface area (Å²) in [5.74, 6) is -0.704. The van der Waals surface area contributed by atoms with Gasteiger partial charge in [-0.3, -0.25) is 9.19 Å². The summed E-state index contributed by atoms with van der Waals surface area (Å²) in [6.45, 7) is 0. The van der Waals surface area contributed by atoms with E-state index in [0.29, 0.717) is 21.5 Å². The number of carboxylic acids is 1. The van der Waals surface area contributed by atoms with Crippen LogP contribution < -0.4 is 0 Å². The van der Waals surface area contributed by atoms with Crippen molar-refractivity contribution in [3.63, 3.8) is 0 Å². The van der Waals surface area contributed by atoms with Crippen LogP contribution >= 0.6 is 15.9 Å². The molecule has 1 N–H and O–H groups in total. The first kappa shape index (κ1) is 14.9. The van der Waals surface area contributed by atoms with Crippen molar-refractivity contribution < 1.29 is 14.1 Å². The number of pyridine rings is 1. The van der Waals surface area contributed by atoms with Crippen LogP contribution in [0.1, 0.15) is 15.9 Å². The molecule has 0 aliphatic carbocycles. The van der Waals surface area contributed by atoms with Gasteiger partial charge in [0.2, 0.25) is 0 Å². The average molecular weight is 354 g/mol. The molecule has 2 aromatic rings. The lowest BCUT2D eigenvalue weighted by atomic mass is 10.2. The van der Waals surface area contributed by atoms with E-state index in [4.69, 9.17) is 5.11 Å². The van der Waals surface area contributed by atoms with E-state index in [9.17, 15) is 9.00 Å². The quantitative estimate of drug-likeness (QED) is 0.897. The van der Waals surface area contributed by atoms with E-state index in [1.54, 1.807) is 24.5 Å². The van der Waals surface area contributed by atoms with Crippen molar-refractivity contribution in [2.45, 2.75) is 11.3 Å². The number of rotatable bonds is 5. The number of aryl methyl sites for hydroxylation is 1. The van der Waals surface area contributed by atoms with Gasteiger partial charge >= 0.3 is 5.97 Å². The number of benzene rings is 1. The van der Waals surface area contributed by atoms with Crippen molar-refractivity contribution in [3.8, 4) is 0 Å². The van der Waals surface area contributed by atoms with E-state index in [1.165, 1.54) is 6.07 Å². The van der Waals surface area contributed by atoms with Gasteiger partial charge in [-0.2, -0.15) is 0 Å². The van der Waals surface area contributed by atoms with Crippen LogP contribution in [-0.2, 0) is 17.2 Å². The van der Waals surface area contributed by atoms with Gasteiger partial charge in [-0.15, -0.1) is 0 Å². The fourth-order valence-corrected chi connectivity index (χ4v) is 3.54. The molecule has 0 spiro atoms. The maximum absolute atomic E-state index is 12.3. The molecule has 1 heterocycles. The van der Waals surface area contributed by atoms with Crippen molar-refractivity contribution in [2.75, 3.05) is 5.75 Å². The SMILES string of the molecule is O=C(O)c1ccc(Br)cc1S(=O)CCc1cccnc1. The molecule has 0 aliphatic heterocycles. The van der Waals surface area contributed by atoms with Crippen LogP contribution in [0, 0.1) is 0 Å². The summed E-state index contributed by atoms with van der Waals surface area (Å²) >= 11 is 3.27. The molecular formula is C14H12BrNO3S. The number of aromatic nitrogens is 1. The van der Waals surface area contributed by atoms with Crippen LogP contribution in [0.5, 0.6) is 0 Å². The Kier molecular flexibility index (Phi) is 5.03. The second kappa shape index (κ2) is 6.76. The molecule has 0 bridgehead atoms. The van der Waals surface area contributed by atoms with Gasteiger partial charge < -0.3 is 5.11 Å². The first-order chi connectivity index (χ1) is 9.58. The highest BCUT2D eigenvalue weighted by molar-refractivity contribution is 9.10. The number of halogens is 1. The molecule has 1 atom stereocenters. The van der Waals surface area contributed by atoms with E-state index < -0.39 is 16.8 Å². The van der Waals surface area contributed by atoms with Crippen LogP contribution in [0.3, 0.4) is 0 Å². The number of aromatic carboxylic acids is 1. The Hall–Kier alpha value is -1.53. The molecule has 0 saturated heterocycles. The van der Waals surface area contributed by atoms with Crippen LogP contribution in [0.2, 0.25) is 0 Å². The van der Waals surface area contributed by atoms with Gasteiger partial charge in [-0.05, 0) is 36.2 Å². The lowest BCUT2D eigenvalue weighted by molar-refractivity contribution is 0.0693. The largest absolute Gasteiger partial charge is 0.478 e. The van der Waals surface area contributed by atoms with Gasteiger partial charge in [0.15, 0.2) is 0 Å². The highest BCUT2D eigenvalue weighted by atomic mass is 79.9. The smallest absolute Gasteiger partial charge is 0.336 e. The predicted molar refractivity (Wildman–Crippen MR) is 80.3 cm³/mol. The maximum Gasteiger partial charge on any atom is 0.336 e. The Morgan fingerprint density at radius 3 is 2.80 bits per heavy atom. The Balaban J connectivity index is 2.17. The van der Waals surface area contributed by atoms with Crippen molar-refractivity contribution in [2.24, 2.45) is 0 Å². The summed E-state index contributed by atoms with van der Waals surface area (Å²) in [5.41, 5.74) is 1.06. The summed E-state index contributed by atoms with van der Waals surface area (Å²) < 4.78 is 13.0. The van der Waals surface area contributed by atoms with E-state index >= 15 is 0 Å². The zero-order chi connectivity index (χ0) is 14.5. The standard InChI is InChI=1S/C14H12BrNO3S/c15-11-3-4-12(14(17)18)13(8-11)20(19)7-5-10-2-1-6-16-9-10/h1-4,6,8-9H,5,7H2,(H,17,18). The Morgan fingerprint density at radius 1 is 1.35 bits per heavy atom. The minimum absolute atomic E-state index is 0.0812. The second-order valence-corrected chi connectivity index (χ2v) is 6.56. The van der Waals surface area contributed by atoms with Crippen LogP contribution in [-0.4, -0.2) is 26.0 Å². The zero-order valence-electron chi connectivity index (χ0n) is 10.5. The van der Waals surface area contributed by atoms with Gasteiger partial charge in [-0.25, -0.2) is 4.79 Å². The van der Waals surface area contributed by atoms with E-state index in [0.717, 1.165) is 5.56 Å². The molecule has 20 heavy (non-hydrogen) atoms. The molecule has 1 aromatic carbocycles. The van der Waals surface area contributed by atoms with Gasteiger partial charge in [0.25, 0.3) is 0 Å². The van der Waals surface area contributed by atoms with E-state index in [1.807, 2.05) is 12.1 Å². The van der Waals surface area contributed by atoms with Gasteiger partial charge in [0, 0.05) is 22.6 Å². The van der Waals surface area contributed by atoms with Crippen molar-refractivity contribution in [1.82, 2.24) is 4.98 Å². The topological polar surface area (TPSA) is 67.3 Å². The average Bonchev–Trinajstić information content (AvgIpc) is 2.45. The number of hydrogen-bond acceptors (Lipinski definition) is 3. The minimum Gasteiger partial charge on any atom is -0.478 e. The predicted octanol–water partition coefficient (Wildman–Crippen LogP) is 2.89. The summed E-state index contributed by atoms with van der Waals surface area (Å²) in [6, 6.07) is 8.42. The lowest BCUT2D eigenvalue weighted by Crippen LogP contribution is -2.08. The van der Waals surface area contributed by atoms with Crippen molar-refractivity contribution in [3.05, 3.63) is 58.3 Å². The Morgan fingerprint density at radius 2 is 2.15 bits per heavy atom. The van der Waals surface area contributed by atoms with Crippen molar-refractivity contribution in [1.29, 1.82) is 0 Å². The van der Waals surface area contributed by atoms with Gasteiger partial charge in [0.1, 0.15) is 0 Å². The van der Waals surface area contributed by atoms with Crippen LogP contribution in [0.25, 0.3) is 0 Å². The first-order valence-electron chi connectivity index (χ1n) is 5.88. The molecular weight excluding hydrogens is 342 g/mol. The molecule has 6 heteroatoms. The highest BCUT2D eigenvalue weighted by Gasteiger charge is 2.15. The fourth-order valence-electron chi connectivity index (χ4n) is 1.73. The number of nitrogens with zero attached hydrogens (tertiary/aromatic N) is 1. The second-order valence-electron chi connectivity index (χ2n) is 4.11. The van der Waals surface area contributed by atoms with Gasteiger partial charge in [0.05, 0.1) is 21.3 Å². The van der Waals surface area contributed by atoms with E-state index in [-0.39, 0.29) is 5.56 Å². The van der Waals surface area contributed by atoms with Gasteiger partial charge in [-0.1, -0.05) is 22.0 Å². The van der Waals surface area contributed by atoms with Crippen molar-refractivity contribution >= 4 is 32.7 Å². The molecule has 0 amide bonds. The molecule has 0 saturated carbocycles. The lowest BCUT2D eigenvalue weighted by Gasteiger charge is -2.07. The molecule has 1 aromatic heterocycles. The summed E-state index contributed by atoms with van der Waals surface area (Å²) in [4.78, 5) is 15.5. The number of carbonyl (C=O) groups is 1. The molecule has 4 nitrogen and oxygen atoms in total. The summed E-state index contributed by atoms with van der Waals surface area (Å²) in [7, 11) is -1.36. The molecule has 0 radical (unpaired) electrons. The molecule has 2 rings (SSSR count). The normalized spacial score (nSPS) is 12.1. The number of hydrogen-bond donors (Lipinski definition) is 1. The monoisotopic (exact) mass is 353 g/mol. The first-order valence-corrected chi connectivity index (χ1v) is 7.99. The molecule has 0 aliphatic rings. The number of carboxylic acid groups (broad SMARTS) is 1. The highest BCUT2D eigenvalue weighted by Crippen LogP contribution is 2.20. The third kappa shape index (κ3) is 3.74. The Bertz CT molecular complexity index is 646. The zero-order valence-corrected chi connectivity index (χ0v) is 12.9. The third-order valence-electron chi connectivity index (χ3n) is 2.72. The Labute approximate surface area is 127 Å². The molecule has 104 valence electrons. The summed E-state index contributed by atoms with van der Waals surface area (Å²) in [5, 5.41) is 9.13. The van der Waals surface area contributed by atoms with Crippen LogP contribution in [0.4, 0.5) is 0 Å². The van der Waals surface area contributed by atoms with E-state index in [2.05, 4.69) is 20.9 Å². The third-order valence-corrected chi connectivity index (χ3v) is 4.61. The molecule has 1 unspecified atom stereocenters.